The van der Waals surface area contributed by atoms with Gasteiger partial charge < -0.3 is 10.2 Å². The largest absolute Gasteiger partial charge is 0.354 e. The maximum atomic E-state index is 11.8. The van der Waals surface area contributed by atoms with E-state index in [0.717, 1.165) is 41.8 Å². The number of pyridine rings is 1. The number of hydrogen-bond acceptors (Lipinski definition) is 3. The second-order valence-electron chi connectivity index (χ2n) is 5.74. The Kier molecular flexibility index (Phi) is 5.02. The molecule has 2 rings (SSSR count). The number of nitrogens with one attached hydrogen (secondary N) is 1. The van der Waals surface area contributed by atoms with Crippen LogP contribution in [0.15, 0.2) is 16.7 Å². The summed E-state index contributed by atoms with van der Waals surface area (Å²) in [6.07, 6.45) is 3.96. The van der Waals surface area contributed by atoms with Crippen LogP contribution in [0.5, 0.6) is 0 Å². The van der Waals surface area contributed by atoms with Gasteiger partial charge in [-0.25, -0.2) is 4.98 Å². The Labute approximate surface area is 129 Å². The molecule has 1 unspecified atom stereocenters. The molecule has 1 N–H and O–H groups in total. The van der Waals surface area contributed by atoms with Crippen LogP contribution in [0.1, 0.15) is 32.3 Å². The summed E-state index contributed by atoms with van der Waals surface area (Å²) in [5.74, 6) is 1.20. The topological polar surface area (TPSA) is 45.2 Å². The SMILES string of the molecule is Cc1cc(Br)cnc1N1CCCC(NC(=O)C(C)C)C1. The molecule has 1 aromatic rings. The number of aromatic nitrogens is 1. The number of halogens is 1. The van der Waals surface area contributed by atoms with E-state index in [4.69, 9.17) is 0 Å². The first-order valence-electron chi connectivity index (χ1n) is 7.15. The van der Waals surface area contributed by atoms with Crippen LogP contribution >= 0.6 is 15.9 Å². The number of carbonyl (C=O) groups is 1. The predicted molar refractivity (Wildman–Crippen MR) is 84.9 cm³/mol. The highest BCUT2D eigenvalue weighted by molar-refractivity contribution is 9.10. The minimum atomic E-state index is 0.0397. The van der Waals surface area contributed by atoms with Crippen molar-refractivity contribution in [2.24, 2.45) is 5.92 Å². The van der Waals surface area contributed by atoms with Gasteiger partial charge in [0.15, 0.2) is 0 Å². The van der Waals surface area contributed by atoms with Crippen molar-refractivity contribution in [3.63, 3.8) is 0 Å². The van der Waals surface area contributed by atoms with Crippen molar-refractivity contribution in [2.45, 2.75) is 39.7 Å². The molecule has 1 amide bonds. The molecule has 1 fully saturated rings. The number of piperidine rings is 1. The van der Waals surface area contributed by atoms with Crippen molar-refractivity contribution in [1.29, 1.82) is 0 Å². The molecule has 1 saturated heterocycles. The number of amides is 1. The number of carbonyl (C=O) groups excluding carboxylic acids is 1. The lowest BCUT2D eigenvalue weighted by Crippen LogP contribution is -2.49. The summed E-state index contributed by atoms with van der Waals surface area (Å²) in [6.45, 7) is 7.77. The van der Waals surface area contributed by atoms with Crippen LogP contribution in [0.3, 0.4) is 0 Å². The van der Waals surface area contributed by atoms with Crippen LogP contribution in [-0.4, -0.2) is 30.0 Å². The summed E-state index contributed by atoms with van der Waals surface area (Å²) in [5.41, 5.74) is 1.16. The van der Waals surface area contributed by atoms with Crippen molar-refractivity contribution in [3.05, 3.63) is 22.3 Å². The lowest BCUT2D eigenvalue weighted by molar-refractivity contribution is -0.124. The van der Waals surface area contributed by atoms with Crippen LogP contribution in [0.25, 0.3) is 0 Å². The predicted octanol–water partition coefficient (Wildman–Crippen LogP) is 2.89. The molecule has 1 atom stereocenters. The Balaban J connectivity index is 2.05. The van der Waals surface area contributed by atoms with Gasteiger partial charge in [0.2, 0.25) is 5.91 Å². The van der Waals surface area contributed by atoms with Gasteiger partial charge in [-0.2, -0.15) is 0 Å². The molecule has 0 bridgehead atoms. The van der Waals surface area contributed by atoms with E-state index < -0.39 is 0 Å². The van der Waals surface area contributed by atoms with Gasteiger partial charge in [-0.3, -0.25) is 4.79 Å². The zero-order chi connectivity index (χ0) is 14.7. The number of aryl methyl sites for hydroxylation is 1. The van der Waals surface area contributed by atoms with E-state index in [-0.39, 0.29) is 17.9 Å². The van der Waals surface area contributed by atoms with E-state index in [9.17, 15) is 4.79 Å². The fourth-order valence-corrected chi connectivity index (χ4v) is 2.97. The second kappa shape index (κ2) is 6.57. The lowest BCUT2D eigenvalue weighted by Gasteiger charge is -2.35. The molecule has 1 aromatic heterocycles. The average Bonchev–Trinajstić information content (AvgIpc) is 2.38. The summed E-state index contributed by atoms with van der Waals surface area (Å²) in [7, 11) is 0. The highest BCUT2D eigenvalue weighted by atomic mass is 79.9. The first-order chi connectivity index (χ1) is 9.47. The Morgan fingerprint density at radius 3 is 2.95 bits per heavy atom. The molecule has 20 heavy (non-hydrogen) atoms. The first kappa shape index (κ1) is 15.3. The number of hydrogen-bond donors (Lipinski definition) is 1. The Morgan fingerprint density at radius 1 is 1.55 bits per heavy atom. The van der Waals surface area contributed by atoms with Crippen molar-refractivity contribution >= 4 is 27.7 Å². The summed E-state index contributed by atoms with van der Waals surface area (Å²) in [6, 6.07) is 2.31. The van der Waals surface area contributed by atoms with Crippen LogP contribution in [0, 0.1) is 12.8 Å². The molecule has 0 spiro atoms. The van der Waals surface area contributed by atoms with E-state index in [2.05, 4.69) is 44.1 Å². The third-order valence-electron chi connectivity index (χ3n) is 3.61. The molecular formula is C15H22BrN3O. The highest BCUT2D eigenvalue weighted by Crippen LogP contribution is 2.24. The van der Waals surface area contributed by atoms with Gasteiger partial charge in [0.1, 0.15) is 5.82 Å². The fraction of sp³-hybridized carbons (Fsp3) is 0.600. The third kappa shape index (κ3) is 3.72. The molecule has 5 heteroatoms. The smallest absolute Gasteiger partial charge is 0.222 e. The Morgan fingerprint density at radius 2 is 2.30 bits per heavy atom. The normalized spacial score (nSPS) is 19.2. The van der Waals surface area contributed by atoms with Gasteiger partial charge in [-0.1, -0.05) is 13.8 Å². The van der Waals surface area contributed by atoms with E-state index in [1.165, 1.54) is 0 Å². The fourth-order valence-electron chi connectivity index (χ4n) is 2.52. The summed E-state index contributed by atoms with van der Waals surface area (Å²) in [4.78, 5) is 18.6. The summed E-state index contributed by atoms with van der Waals surface area (Å²) in [5, 5.41) is 3.13. The van der Waals surface area contributed by atoms with Crippen LogP contribution in [0.2, 0.25) is 0 Å². The summed E-state index contributed by atoms with van der Waals surface area (Å²) < 4.78 is 1.00. The highest BCUT2D eigenvalue weighted by Gasteiger charge is 2.23. The van der Waals surface area contributed by atoms with Crippen molar-refractivity contribution < 1.29 is 4.79 Å². The van der Waals surface area contributed by atoms with E-state index in [0.29, 0.717) is 0 Å². The van der Waals surface area contributed by atoms with E-state index in [1.54, 1.807) is 0 Å². The van der Waals surface area contributed by atoms with Gasteiger partial charge in [-0.15, -0.1) is 0 Å². The van der Waals surface area contributed by atoms with Crippen molar-refractivity contribution in [1.82, 2.24) is 10.3 Å². The Hall–Kier alpha value is -1.10. The van der Waals surface area contributed by atoms with Gasteiger partial charge in [-0.05, 0) is 47.3 Å². The molecule has 2 heterocycles. The third-order valence-corrected chi connectivity index (χ3v) is 4.04. The van der Waals surface area contributed by atoms with Crippen LogP contribution in [0.4, 0.5) is 5.82 Å². The van der Waals surface area contributed by atoms with E-state index in [1.807, 2.05) is 20.0 Å². The quantitative estimate of drug-likeness (QED) is 0.920. The van der Waals surface area contributed by atoms with Gasteiger partial charge in [0.25, 0.3) is 0 Å². The molecule has 0 saturated carbocycles. The zero-order valence-corrected chi connectivity index (χ0v) is 13.9. The van der Waals surface area contributed by atoms with Crippen molar-refractivity contribution in [3.8, 4) is 0 Å². The molecule has 0 radical (unpaired) electrons. The molecule has 4 nitrogen and oxygen atoms in total. The number of rotatable bonds is 3. The molecule has 110 valence electrons. The molecular weight excluding hydrogens is 318 g/mol. The van der Waals surface area contributed by atoms with Gasteiger partial charge in [0.05, 0.1) is 0 Å². The second-order valence-corrected chi connectivity index (χ2v) is 6.66. The maximum Gasteiger partial charge on any atom is 0.222 e. The minimum Gasteiger partial charge on any atom is -0.354 e. The van der Waals surface area contributed by atoms with Gasteiger partial charge >= 0.3 is 0 Å². The first-order valence-corrected chi connectivity index (χ1v) is 7.94. The maximum absolute atomic E-state index is 11.8. The standard InChI is InChI=1S/C15H22BrN3O/c1-10(2)15(20)18-13-5-4-6-19(9-13)14-11(3)7-12(16)8-17-14/h7-8,10,13H,4-6,9H2,1-3H3,(H,18,20). The molecule has 0 aliphatic carbocycles. The molecule has 1 aliphatic rings. The van der Waals surface area contributed by atoms with E-state index >= 15 is 0 Å². The number of nitrogens with zero attached hydrogens (tertiary/aromatic N) is 2. The van der Waals surface area contributed by atoms with Crippen molar-refractivity contribution in [2.75, 3.05) is 18.0 Å². The number of anilines is 1. The van der Waals surface area contributed by atoms with Gasteiger partial charge in [0, 0.05) is 35.7 Å². The lowest BCUT2D eigenvalue weighted by atomic mass is 10.0. The Bertz CT molecular complexity index is 490. The molecule has 0 aromatic carbocycles. The average molecular weight is 340 g/mol. The zero-order valence-electron chi connectivity index (χ0n) is 12.3. The minimum absolute atomic E-state index is 0.0397. The van der Waals surface area contributed by atoms with Crippen LogP contribution in [-0.2, 0) is 4.79 Å². The monoisotopic (exact) mass is 339 g/mol. The van der Waals surface area contributed by atoms with Crippen LogP contribution < -0.4 is 10.2 Å². The summed E-state index contributed by atoms with van der Waals surface area (Å²) >= 11 is 3.44. The molecule has 1 aliphatic heterocycles.